The van der Waals surface area contributed by atoms with Gasteiger partial charge in [0.05, 0.1) is 30.7 Å². The largest absolute Gasteiger partial charge is 0.466 e. The summed E-state index contributed by atoms with van der Waals surface area (Å²) < 4.78 is 5.08. The Morgan fingerprint density at radius 1 is 1.14 bits per heavy atom. The molecule has 1 N–H and O–H groups in total. The van der Waals surface area contributed by atoms with Crippen LogP contribution in [0.2, 0.25) is 0 Å². The number of nitrogens with zero attached hydrogens (tertiary/aromatic N) is 2. The van der Waals surface area contributed by atoms with Crippen molar-refractivity contribution in [1.82, 2.24) is 4.90 Å². The zero-order valence-corrected chi connectivity index (χ0v) is 16.1. The zero-order chi connectivity index (χ0) is 20.3. The summed E-state index contributed by atoms with van der Waals surface area (Å²) in [6.07, 6.45) is 1.39. The molecule has 8 nitrogen and oxygen atoms in total. The summed E-state index contributed by atoms with van der Waals surface area (Å²) in [7, 11) is 0. The van der Waals surface area contributed by atoms with Gasteiger partial charge in [-0.3, -0.25) is 24.1 Å². The third-order valence-corrected chi connectivity index (χ3v) is 5.16. The van der Waals surface area contributed by atoms with Crippen molar-refractivity contribution >= 4 is 35.1 Å². The van der Waals surface area contributed by atoms with E-state index in [1.54, 1.807) is 31.2 Å². The first kappa shape index (κ1) is 20.0. The monoisotopic (exact) mass is 387 g/mol. The van der Waals surface area contributed by atoms with E-state index in [1.165, 1.54) is 11.8 Å². The Morgan fingerprint density at radius 3 is 2.36 bits per heavy atom. The number of anilines is 2. The van der Waals surface area contributed by atoms with Gasteiger partial charge in [-0.1, -0.05) is 0 Å². The van der Waals surface area contributed by atoms with Crippen molar-refractivity contribution in [3.8, 4) is 0 Å². The number of imide groups is 1. The van der Waals surface area contributed by atoms with Crippen molar-refractivity contribution in [1.29, 1.82) is 0 Å². The van der Waals surface area contributed by atoms with Gasteiger partial charge >= 0.3 is 5.97 Å². The van der Waals surface area contributed by atoms with Gasteiger partial charge in [-0.25, -0.2) is 4.90 Å². The van der Waals surface area contributed by atoms with E-state index < -0.39 is 6.04 Å². The first-order chi connectivity index (χ1) is 13.4. The van der Waals surface area contributed by atoms with Crippen LogP contribution < -0.4 is 10.2 Å². The molecule has 0 bridgehead atoms. The van der Waals surface area contributed by atoms with Crippen molar-refractivity contribution in [3.05, 3.63) is 24.3 Å². The highest BCUT2D eigenvalue weighted by Crippen LogP contribution is 2.29. The second-order valence-electron chi connectivity index (χ2n) is 7.08. The Labute approximate surface area is 163 Å². The number of carbonyl (C=O) groups excluding carboxylic acids is 4. The third-order valence-electron chi connectivity index (χ3n) is 5.16. The minimum absolute atomic E-state index is 0.135. The van der Waals surface area contributed by atoms with Gasteiger partial charge in [0.1, 0.15) is 0 Å². The van der Waals surface area contributed by atoms with Crippen LogP contribution in [0.25, 0.3) is 0 Å². The van der Waals surface area contributed by atoms with Crippen molar-refractivity contribution in [2.24, 2.45) is 5.92 Å². The van der Waals surface area contributed by atoms with Crippen LogP contribution in [0.4, 0.5) is 11.4 Å². The first-order valence-corrected chi connectivity index (χ1v) is 9.55. The molecular weight excluding hydrogens is 362 g/mol. The number of amides is 3. The molecule has 0 radical (unpaired) electrons. The van der Waals surface area contributed by atoms with Gasteiger partial charge in [0, 0.05) is 12.6 Å². The van der Waals surface area contributed by atoms with Gasteiger partial charge in [0.15, 0.2) is 0 Å². The van der Waals surface area contributed by atoms with Crippen LogP contribution in [-0.4, -0.2) is 54.3 Å². The highest BCUT2D eigenvalue weighted by molar-refractivity contribution is 6.22. The molecular formula is C20H25N3O5. The lowest BCUT2D eigenvalue weighted by Crippen LogP contribution is -2.47. The molecule has 2 aliphatic heterocycles. The van der Waals surface area contributed by atoms with Gasteiger partial charge in [-0.2, -0.15) is 0 Å². The fourth-order valence-corrected chi connectivity index (χ4v) is 3.78. The summed E-state index contributed by atoms with van der Waals surface area (Å²) in [5, 5.41) is 2.65. The topological polar surface area (TPSA) is 96.0 Å². The second-order valence-corrected chi connectivity index (χ2v) is 7.08. The Bertz CT molecular complexity index is 769. The number of esters is 1. The molecule has 8 heteroatoms. The number of hydrogen-bond donors (Lipinski definition) is 1. The minimum Gasteiger partial charge on any atom is -0.466 e. The van der Waals surface area contributed by atoms with Crippen molar-refractivity contribution in [2.75, 3.05) is 29.9 Å². The van der Waals surface area contributed by atoms with Gasteiger partial charge in [-0.05, 0) is 57.1 Å². The lowest BCUT2D eigenvalue weighted by atomic mass is 9.95. The molecule has 0 saturated carbocycles. The van der Waals surface area contributed by atoms with Gasteiger partial charge in [-0.15, -0.1) is 0 Å². The van der Waals surface area contributed by atoms with Crippen LogP contribution in [0.3, 0.4) is 0 Å². The average Bonchev–Trinajstić information content (AvgIpc) is 2.97. The summed E-state index contributed by atoms with van der Waals surface area (Å²) >= 11 is 0. The van der Waals surface area contributed by atoms with Gasteiger partial charge < -0.3 is 10.1 Å². The average molecular weight is 387 g/mol. The van der Waals surface area contributed by atoms with E-state index in [2.05, 4.69) is 5.32 Å². The lowest BCUT2D eigenvalue weighted by Gasteiger charge is -2.33. The molecule has 2 aliphatic rings. The number of benzene rings is 1. The summed E-state index contributed by atoms with van der Waals surface area (Å²) in [5.74, 6) is -0.994. The molecule has 2 saturated heterocycles. The second kappa shape index (κ2) is 8.52. The number of piperidine rings is 1. The number of hydrogen-bond acceptors (Lipinski definition) is 6. The van der Waals surface area contributed by atoms with Gasteiger partial charge in [0.2, 0.25) is 11.8 Å². The Hall–Kier alpha value is -2.74. The summed E-state index contributed by atoms with van der Waals surface area (Å²) in [6.45, 7) is 4.74. The van der Waals surface area contributed by atoms with Crippen LogP contribution in [0, 0.1) is 5.92 Å². The maximum atomic E-state index is 12.9. The van der Waals surface area contributed by atoms with E-state index in [9.17, 15) is 19.2 Å². The van der Waals surface area contributed by atoms with Crippen LogP contribution >= 0.6 is 0 Å². The van der Waals surface area contributed by atoms with Crippen molar-refractivity contribution in [2.45, 2.75) is 39.2 Å². The number of carbonyl (C=O) groups is 4. The predicted molar refractivity (Wildman–Crippen MR) is 103 cm³/mol. The summed E-state index contributed by atoms with van der Waals surface area (Å²) in [5.41, 5.74) is 1.10. The quantitative estimate of drug-likeness (QED) is 0.608. The molecule has 0 aromatic heterocycles. The fourth-order valence-electron chi connectivity index (χ4n) is 3.78. The van der Waals surface area contributed by atoms with E-state index in [4.69, 9.17) is 4.74 Å². The molecule has 2 fully saturated rings. The number of nitrogens with one attached hydrogen (secondary N) is 1. The molecule has 1 aromatic carbocycles. The molecule has 150 valence electrons. The lowest BCUT2D eigenvalue weighted by molar-refractivity contribution is -0.150. The normalized spacial score (nSPS) is 21.1. The number of likely N-dealkylation sites (tertiary alicyclic amines) is 1. The fraction of sp³-hybridized carbons (Fsp3) is 0.500. The molecule has 3 rings (SSSR count). The summed E-state index contributed by atoms with van der Waals surface area (Å²) in [4.78, 5) is 51.6. The van der Waals surface area contributed by atoms with Crippen LogP contribution in [0.1, 0.15) is 33.1 Å². The highest BCUT2D eigenvalue weighted by Gasteiger charge is 2.44. The molecule has 0 aliphatic carbocycles. The van der Waals surface area contributed by atoms with Crippen LogP contribution in [0.5, 0.6) is 0 Å². The standard InChI is InChI=1S/C20H25N3O5/c1-3-28-20(27)14-8-10-22(11-9-14)17-12-18(25)23(19(17)26)16-6-4-15(5-7-16)21-13(2)24/h4-7,14,17H,3,8-12H2,1-2H3,(H,21,24)/t17-/m0/s1. The summed E-state index contributed by atoms with van der Waals surface area (Å²) in [6, 6.07) is 6.13. The molecule has 0 unspecified atom stereocenters. The number of rotatable bonds is 5. The third kappa shape index (κ3) is 4.22. The molecule has 1 aromatic rings. The predicted octanol–water partition coefficient (Wildman–Crippen LogP) is 1.55. The molecule has 0 spiro atoms. The molecule has 1 atom stereocenters. The Balaban J connectivity index is 1.64. The maximum Gasteiger partial charge on any atom is 0.309 e. The van der Waals surface area contributed by atoms with E-state index in [-0.39, 0.29) is 36.0 Å². The van der Waals surface area contributed by atoms with E-state index >= 15 is 0 Å². The van der Waals surface area contributed by atoms with Crippen LogP contribution in [-0.2, 0) is 23.9 Å². The molecule has 3 amide bonds. The molecule has 28 heavy (non-hydrogen) atoms. The Morgan fingerprint density at radius 2 is 1.79 bits per heavy atom. The van der Waals surface area contributed by atoms with Gasteiger partial charge in [0.25, 0.3) is 5.91 Å². The van der Waals surface area contributed by atoms with Crippen molar-refractivity contribution in [3.63, 3.8) is 0 Å². The highest BCUT2D eigenvalue weighted by atomic mass is 16.5. The first-order valence-electron chi connectivity index (χ1n) is 9.55. The molecule has 2 heterocycles. The Kier molecular flexibility index (Phi) is 6.08. The van der Waals surface area contributed by atoms with E-state index in [0.717, 1.165) is 0 Å². The van der Waals surface area contributed by atoms with E-state index in [0.29, 0.717) is 43.9 Å². The minimum atomic E-state index is -0.495. The van der Waals surface area contributed by atoms with E-state index in [1.807, 2.05) is 4.90 Å². The van der Waals surface area contributed by atoms with Crippen LogP contribution in [0.15, 0.2) is 24.3 Å². The zero-order valence-electron chi connectivity index (χ0n) is 16.1. The smallest absolute Gasteiger partial charge is 0.309 e. The van der Waals surface area contributed by atoms with Crippen molar-refractivity contribution < 1.29 is 23.9 Å². The SMILES string of the molecule is CCOC(=O)C1CCN([C@H]2CC(=O)N(c3ccc(NC(C)=O)cc3)C2=O)CC1. The number of ether oxygens (including phenoxy) is 1. The maximum absolute atomic E-state index is 12.9.